The van der Waals surface area contributed by atoms with Crippen molar-refractivity contribution in [2.75, 3.05) is 20.2 Å². The first-order valence-corrected chi connectivity index (χ1v) is 11.5. The number of furan rings is 1. The van der Waals surface area contributed by atoms with Gasteiger partial charge in [0.15, 0.2) is 5.69 Å². The number of hydrogen-bond donors (Lipinski definition) is 1. The first-order chi connectivity index (χ1) is 16.6. The summed E-state index contributed by atoms with van der Waals surface area (Å²) >= 11 is 0. The molecule has 1 atom stereocenters. The van der Waals surface area contributed by atoms with Crippen LogP contribution in [0.4, 0.5) is 0 Å². The number of carbonyl (C=O) groups excluding carboxylic acids is 2. The number of amides is 2. The number of fused-ring (bicyclic) bond motifs is 1. The number of piperidine rings is 1. The molecule has 5 rings (SSSR count). The molecule has 2 aliphatic rings. The van der Waals surface area contributed by atoms with Gasteiger partial charge >= 0.3 is 0 Å². The molecule has 9 nitrogen and oxygen atoms in total. The van der Waals surface area contributed by atoms with Gasteiger partial charge in [-0.15, -0.1) is 0 Å². The molecule has 0 unspecified atom stereocenters. The fourth-order valence-electron chi connectivity index (χ4n) is 4.55. The highest BCUT2D eigenvalue weighted by molar-refractivity contribution is 5.93. The summed E-state index contributed by atoms with van der Waals surface area (Å²) in [5.74, 6) is 1.32. The summed E-state index contributed by atoms with van der Waals surface area (Å²) in [5.41, 5.74) is 2.29. The minimum absolute atomic E-state index is 0.000781. The van der Waals surface area contributed by atoms with Gasteiger partial charge in [-0.2, -0.15) is 0 Å². The Hall–Kier alpha value is -3.59. The van der Waals surface area contributed by atoms with Gasteiger partial charge in [-0.25, -0.2) is 4.98 Å². The standard InChI is InChI=1S/C25H28N4O5/c1-32-19-6-4-17(5-7-19)22-14-29-16-27-23(21(29)15-34-22)25(31)28-10-8-18(9-11-28)24(30)26-13-20-3-2-12-33-20/h2-7,12,16,18,22H,8-11,13-15H2,1H3,(H,26,30)/t22-/m1/s1. The highest BCUT2D eigenvalue weighted by Crippen LogP contribution is 2.30. The van der Waals surface area contributed by atoms with Crippen LogP contribution >= 0.6 is 0 Å². The summed E-state index contributed by atoms with van der Waals surface area (Å²) in [5, 5.41) is 2.92. The average molecular weight is 465 g/mol. The minimum Gasteiger partial charge on any atom is -0.497 e. The molecule has 3 aromatic rings. The van der Waals surface area contributed by atoms with Gasteiger partial charge < -0.3 is 28.7 Å². The largest absolute Gasteiger partial charge is 0.497 e. The van der Waals surface area contributed by atoms with Crippen molar-refractivity contribution in [3.8, 4) is 5.75 Å². The van der Waals surface area contributed by atoms with Crippen LogP contribution in [-0.2, 0) is 29.2 Å². The molecule has 2 aliphatic heterocycles. The van der Waals surface area contributed by atoms with Gasteiger partial charge in [-0.05, 0) is 42.7 Å². The van der Waals surface area contributed by atoms with E-state index in [-0.39, 0.29) is 23.8 Å². The van der Waals surface area contributed by atoms with Crippen molar-refractivity contribution in [2.24, 2.45) is 5.92 Å². The first kappa shape index (κ1) is 22.2. The quantitative estimate of drug-likeness (QED) is 0.602. The maximum atomic E-state index is 13.2. The maximum Gasteiger partial charge on any atom is 0.274 e. The zero-order valence-electron chi connectivity index (χ0n) is 19.1. The zero-order valence-corrected chi connectivity index (χ0v) is 19.1. The van der Waals surface area contributed by atoms with Gasteiger partial charge in [0.05, 0.1) is 45.1 Å². The van der Waals surface area contributed by atoms with E-state index in [1.807, 2.05) is 34.9 Å². The lowest BCUT2D eigenvalue weighted by molar-refractivity contribution is -0.126. The van der Waals surface area contributed by atoms with Crippen LogP contribution in [0.1, 0.15) is 46.5 Å². The van der Waals surface area contributed by atoms with Crippen molar-refractivity contribution in [3.63, 3.8) is 0 Å². The van der Waals surface area contributed by atoms with Crippen molar-refractivity contribution in [1.29, 1.82) is 0 Å². The second-order valence-corrected chi connectivity index (χ2v) is 8.63. The molecule has 0 aliphatic carbocycles. The number of imidazole rings is 1. The van der Waals surface area contributed by atoms with Crippen molar-refractivity contribution < 1.29 is 23.5 Å². The molecule has 0 saturated carbocycles. The number of likely N-dealkylation sites (tertiary alicyclic amines) is 1. The van der Waals surface area contributed by atoms with Crippen LogP contribution in [0, 0.1) is 5.92 Å². The maximum absolute atomic E-state index is 13.2. The van der Waals surface area contributed by atoms with E-state index < -0.39 is 0 Å². The van der Waals surface area contributed by atoms with Crippen LogP contribution in [0.15, 0.2) is 53.4 Å². The Morgan fingerprint density at radius 1 is 1.18 bits per heavy atom. The van der Waals surface area contributed by atoms with Gasteiger partial charge in [0.1, 0.15) is 17.6 Å². The van der Waals surface area contributed by atoms with Gasteiger partial charge in [-0.1, -0.05) is 12.1 Å². The van der Waals surface area contributed by atoms with Gasteiger partial charge in [0, 0.05) is 19.0 Å². The molecule has 2 amide bonds. The summed E-state index contributed by atoms with van der Waals surface area (Å²) in [6.45, 7) is 2.35. The van der Waals surface area contributed by atoms with Crippen molar-refractivity contribution in [1.82, 2.24) is 19.8 Å². The van der Waals surface area contributed by atoms with Crippen LogP contribution in [-0.4, -0.2) is 46.5 Å². The van der Waals surface area contributed by atoms with E-state index in [1.165, 1.54) is 0 Å². The van der Waals surface area contributed by atoms with Crippen LogP contribution in [0.3, 0.4) is 0 Å². The van der Waals surface area contributed by atoms with Crippen LogP contribution in [0.5, 0.6) is 5.75 Å². The smallest absolute Gasteiger partial charge is 0.274 e. The predicted molar refractivity (Wildman–Crippen MR) is 122 cm³/mol. The molecule has 9 heteroatoms. The Kier molecular flexibility index (Phi) is 6.35. The fourth-order valence-corrected chi connectivity index (χ4v) is 4.55. The normalized spacial score (nSPS) is 18.4. The SMILES string of the molecule is COc1ccc([C@H]2Cn3cnc(C(=O)N4CCC(C(=O)NCc5ccco5)CC4)c3CO2)cc1. The Balaban J connectivity index is 1.16. The van der Waals surface area contributed by atoms with Gasteiger partial charge in [0.25, 0.3) is 5.91 Å². The second kappa shape index (κ2) is 9.72. The van der Waals surface area contributed by atoms with Crippen molar-refractivity contribution >= 4 is 11.8 Å². The number of ether oxygens (including phenoxy) is 2. The summed E-state index contributed by atoms with van der Waals surface area (Å²) in [7, 11) is 1.64. The highest BCUT2D eigenvalue weighted by Gasteiger charge is 2.32. The monoisotopic (exact) mass is 464 g/mol. The number of nitrogens with zero attached hydrogens (tertiary/aromatic N) is 3. The third-order valence-electron chi connectivity index (χ3n) is 6.59. The molecule has 1 N–H and O–H groups in total. The summed E-state index contributed by atoms with van der Waals surface area (Å²) < 4.78 is 18.6. The number of rotatable bonds is 6. The number of carbonyl (C=O) groups is 2. The van der Waals surface area contributed by atoms with Crippen LogP contribution in [0.2, 0.25) is 0 Å². The van der Waals surface area contributed by atoms with Gasteiger partial charge in [0.2, 0.25) is 5.91 Å². The third-order valence-corrected chi connectivity index (χ3v) is 6.59. The lowest BCUT2D eigenvalue weighted by atomic mass is 9.95. The number of nitrogens with one attached hydrogen (secondary N) is 1. The molecular weight excluding hydrogens is 436 g/mol. The zero-order chi connectivity index (χ0) is 23.5. The van der Waals surface area contributed by atoms with E-state index in [4.69, 9.17) is 13.9 Å². The summed E-state index contributed by atoms with van der Waals surface area (Å²) in [6.07, 6.45) is 4.45. The molecule has 0 bridgehead atoms. The van der Waals surface area contributed by atoms with Crippen molar-refractivity contribution in [2.45, 2.75) is 38.6 Å². The van der Waals surface area contributed by atoms with E-state index in [0.717, 1.165) is 22.8 Å². The molecule has 1 aromatic carbocycles. The number of methoxy groups -OCH3 is 1. The molecule has 0 radical (unpaired) electrons. The van der Waals surface area contributed by atoms with E-state index in [2.05, 4.69) is 10.3 Å². The molecule has 2 aromatic heterocycles. The second-order valence-electron chi connectivity index (χ2n) is 8.63. The van der Waals surface area contributed by atoms with Crippen molar-refractivity contribution in [3.05, 3.63) is 71.7 Å². The Labute approximate surface area is 197 Å². The highest BCUT2D eigenvalue weighted by atomic mass is 16.5. The lowest BCUT2D eigenvalue weighted by Gasteiger charge is -2.31. The van der Waals surface area contributed by atoms with E-state index in [0.29, 0.717) is 51.3 Å². The van der Waals surface area contributed by atoms with Crippen LogP contribution in [0.25, 0.3) is 0 Å². The van der Waals surface area contributed by atoms with Gasteiger partial charge in [-0.3, -0.25) is 9.59 Å². The molecule has 1 saturated heterocycles. The Morgan fingerprint density at radius 3 is 2.68 bits per heavy atom. The predicted octanol–water partition coefficient (Wildman–Crippen LogP) is 2.92. The Morgan fingerprint density at radius 2 is 1.97 bits per heavy atom. The number of aromatic nitrogens is 2. The molecular formula is C25H28N4O5. The third kappa shape index (κ3) is 4.56. The summed E-state index contributed by atoms with van der Waals surface area (Å²) in [4.78, 5) is 31.9. The fraction of sp³-hybridized carbons (Fsp3) is 0.400. The molecule has 34 heavy (non-hydrogen) atoms. The average Bonchev–Trinajstić information content (AvgIpc) is 3.56. The molecule has 1 fully saturated rings. The van der Waals surface area contributed by atoms with Crippen LogP contribution < -0.4 is 10.1 Å². The number of benzene rings is 1. The van der Waals surface area contributed by atoms with E-state index in [9.17, 15) is 9.59 Å². The lowest BCUT2D eigenvalue weighted by Crippen LogP contribution is -2.43. The minimum atomic E-state index is -0.108. The molecule has 4 heterocycles. The van der Waals surface area contributed by atoms with E-state index >= 15 is 0 Å². The summed E-state index contributed by atoms with van der Waals surface area (Å²) in [6, 6.07) is 11.4. The number of hydrogen-bond acceptors (Lipinski definition) is 6. The molecule has 0 spiro atoms. The molecule has 178 valence electrons. The first-order valence-electron chi connectivity index (χ1n) is 11.5. The topological polar surface area (TPSA) is 98.8 Å². The Bertz CT molecular complexity index is 1130. The van der Waals surface area contributed by atoms with E-state index in [1.54, 1.807) is 30.7 Å².